The average molecular weight is 453 g/mol. The van der Waals surface area contributed by atoms with Crippen molar-refractivity contribution in [3.63, 3.8) is 0 Å². The highest BCUT2D eigenvalue weighted by molar-refractivity contribution is 6.35. The molecule has 6 nitrogen and oxygen atoms in total. The van der Waals surface area contributed by atoms with Crippen LogP contribution in [0.2, 0.25) is 5.02 Å². The minimum atomic E-state index is -4.45. The van der Waals surface area contributed by atoms with Crippen molar-refractivity contribution in [2.24, 2.45) is 0 Å². The molecule has 1 fully saturated rings. The van der Waals surface area contributed by atoms with E-state index in [4.69, 9.17) is 21.1 Å². The van der Waals surface area contributed by atoms with Crippen LogP contribution in [-0.2, 0) is 10.9 Å². The van der Waals surface area contributed by atoms with E-state index in [1.807, 2.05) is 0 Å². The van der Waals surface area contributed by atoms with Crippen molar-refractivity contribution < 1.29 is 22.6 Å². The number of alkyl halides is 3. The minimum Gasteiger partial charge on any atom is -0.492 e. The highest BCUT2D eigenvalue weighted by atomic mass is 35.5. The topological polar surface area (TPSA) is 59.5 Å². The van der Waals surface area contributed by atoms with E-state index in [9.17, 15) is 13.2 Å². The van der Waals surface area contributed by atoms with Gasteiger partial charge in [-0.05, 0) is 36.4 Å². The summed E-state index contributed by atoms with van der Waals surface area (Å²) in [6, 6.07) is 8.74. The second kappa shape index (κ2) is 9.25. The number of anilines is 2. The summed E-state index contributed by atoms with van der Waals surface area (Å²) in [6.45, 7) is 4.50. The van der Waals surface area contributed by atoms with Crippen molar-refractivity contribution in [2.45, 2.75) is 6.18 Å². The number of nitrogens with one attached hydrogen (secondary N) is 1. The number of hydrogen-bond donors (Lipinski definition) is 1. The standard InChI is InChI=1S/C21H20ClF3N4O2/c22-16-2-3-17(31-12-9-29-7-10-30-11-8-29)15-1-4-18(28-20(15)16)27-19-13-14(5-6-26-19)21(23,24)25/h1-6,13H,7-12H2,(H,26,27,28). The second-order valence-corrected chi connectivity index (χ2v) is 7.40. The minimum absolute atomic E-state index is 0.0377. The van der Waals surface area contributed by atoms with Gasteiger partial charge >= 0.3 is 6.18 Å². The molecule has 4 rings (SSSR count). The lowest BCUT2D eigenvalue weighted by molar-refractivity contribution is -0.137. The molecule has 0 spiro atoms. The molecule has 1 saturated heterocycles. The highest BCUT2D eigenvalue weighted by Gasteiger charge is 2.30. The van der Waals surface area contributed by atoms with Crippen LogP contribution in [-0.4, -0.2) is 54.3 Å². The molecule has 10 heteroatoms. The summed E-state index contributed by atoms with van der Waals surface area (Å²) in [5.41, 5.74) is -0.303. The van der Waals surface area contributed by atoms with Crippen LogP contribution >= 0.6 is 11.6 Å². The Bertz CT molecular complexity index is 1060. The number of benzene rings is 1. The van der Waals surface area contributed by atoms with Crippen LogP contribution in [0.1, 0.15) is 5.56 Å². The third kappa shape index (κ3) is 5.36. The van der Waals surface area contributed by atoms with Crippen LogP contribution in [0, 0.1) is 0 Å². The van der Waals surface area contributed by atoms with Gasteiger partial charge < -0.3 is 14.8 Å². The van der Waals surface area contributed by atoms with E-state index in [1.54, 1.807) is 24.3 Å². The molecule has 0 saturated carbocycles. The second-order valence-electron chi connectivity index (χ2n) is 6.99. The Kier molecular flexibility index (Phi) is 6.45. The zero-order valence-electron chi connectivity index (χ0n) is 16.5. The molecule has 31 heavy (non-hydrogen) atoms. The van der Waals surface area contributed by atoms with Gasteiger partial charge in [0, 0.05) is 31.2 Å². The van der Waals surface area contributed by atoms with Gasteiger partial charge in [-0.25, -0.2) is 9.97 Å². The van der Waals surface area contributed by atoms with E-state index in [1.165, 1.54) is 0 Å². The molecular formula is C21H20ClF3N4O2. The van der Waals surface area contributed by atoms with Gasteiger partial charge in [-0.15, -0.1) is 0 Å². The van der Waals surface area contributed by atoms with Gasteiger partial charge in [0.25, 0.3) is 0 Å². The van der Waals surface area contributed by atoms with Crippen LogP contribution in [0.15, 0.2) is 42.6 Å². The Hall–Kier alpha value is -2.62. The van der Waals surface area contributed by atoms with Crippen LogP contribution in [0.5, 0.6) is 5.75 Å². The molecule has 1 N–H and O–H groups in total. The van der Waals surface area contributed by atoms with Crippen LogP contribution in [0.25, 0.3) is 10.9 Å². The molecule has 0 atom stereocenters. The predicted octanol–water partition coefficient (Wildman–Crippen LogP) is 4.76. The van der Waals surface area contributed by atoms with Crippen LogP contribution in [0.4, 0.5) is 24.8 Å². The zero-order chi connectivity index (χ0) is 21.8. The Labute approximate surface area is 181 Å². The lowest BCUT2D eigenvalue weighted by Crippen LogP contribution is -2.38. The summed E-state index contributed by atoms with van der Waals surface area (Å²) in [5.74, 6) is 1.01. The summed E-state index contributed by atoms with van der Waals surface area (Å²) in [6.07, 6.45) is -3.35. The van der Waals surface area contributed by atoms with Gasteiger partial charge in [-0.3, -0.25) is 4.90 Å². The molecule has 3 heterocycles. The fourth-order valence-electron chi connectivity index (χ4n) is 3.27. The van der Waals surface area contributed by atoms with Crippen molar-refractivity contribution in [3.8, 4) is 5.75 Å². The maximum Gasteiger partial charge on any atom is 0.416 e. The largest absolute Gasteiger partial charge is 0.492 e. The first kappa shape index (κ1) is 21.6. The van der Waals surface area contributed by atoms with Crippen LogP contribution < -0.4 is 10.1 Å². The van der Waals surface area contributed by atoms with Gasteiger partial charge in [0.1, 0.15) is 24.0 Å². The van der Waals surface area contributed by atoms with E-state index in [0.717, 1.165) is 56.6 Å². The van der Waals surface area contributed by atoms with E-state index in [2.05, 4.69) is 20.2 Å². The van der Waals surface area contributed by atoms with Crippen molar-refractivity contribution >= 4 is 34.1 Å². The first-order valence-corrected chi connectivity index (χ1v) is 10.1. The SMILES string of the molecule is FC(F)(F)c1ccnc(Nc2ccc3c(OCCN4CCOCC4)ccc(Cl)c3n2)c1. The number of rotatable bonds is 6. The van der Waals surface area contributed by atoms with E-state index < -0.39 is 11.7 Å². The third-order valence-corrected chi connectivity index (χ3v) is 5.19. The zero-order valence-corrected chi connectivity index (χ0v) is 17.2. The fourth-order valence-corrected chi connectivity index (χ4v) is 3.48. The summed E-state index contributed by atoms with van der Waals surface area (Å²) in [5, 5.41) is 3.93. The number of nitrogens with zero attached hydrogens (tertiary/aromatic N) is 3. The maximum atomic E-state index is 12.9. The molecule has 0 unspecified atom stereocenters. The molecule has 0 amide bonds. The Morgan fingerprint density at radius 1 is 1.10 bits per heavy atom. The highest BCUT2D eigenvalue weighted by Crippen LogP contribution is 2.33. The maximum absolute atomic E-state index is 12.9. The number of aromatic nitrogens is 2. The molecule has 2 aromatic heterocycles. The van der Waals surface area contributed by atoms with Crippen LogP contribution in [0.3, 0.4) is 0 Å². The number of morpholine rings is 1. The number of fused-ring (bicyclic) bond motifs is 1. The predicted molar refractivity (Wildman–Crippen MR) is 112 cm³/mol. The van der Waals surface area contributed by atoms with Crippen molar-refractivity contribution in [2.75, 3.05) is 44.8 Å². The van der Waals surface area contributed by atoms with Crippen molar-refractivity contribution in [1.29, 1.82) is 0 Å². The van der Waals surface area contributed by atoms with Gasteiger partial charge in [-0.1, -0.05) is 11.6 Å². The Balaban J connectivity index is 1.50. The van der Waals surface area contributed by atoms with Gasteiger partial charge in [0.2, 0.25) is 0 Å². The molecule has 3 aromatic rings. The summed E-state index contributed by atoms with van der Waals surface area (Å²) >= 11 is 6.31. The molecule has 1 aliphatic heterocycles. The smallest absolute Gasteiger partial charge is 0.416 e. The number of pyridine rings is 2. The first-order valence-electron chi connectivity index (χ1n) is 9.72. The third-order valence-electron chi connectivity index (χ3n) is 4.88. The first-order chi connectivity index (χ1) is 14.9. The van der Waals surface area contributed by atoms with Gasteiger partial charge in [0.05, 0.1) is 29.3 Å². The average Bonchev–Trinajstić information content (AvgIpc) is 2.76. The van der Waals surface area contributed by atoms with Gasteiger partial charge in [-0.2, -0.15) is 13.2 Å². The normalized spacial score (nSPS) is 15.2. The monoisotopic (exact) mass is 452 g/mol. The van der Waals surface area contributed by atoms with E-state index >= 15 is 0 Å². The van der Waals surface area contributed by atoms with E-state index in [0.29, 0.717) is 28.7 Å². The number of halogens is 4. The Morgan fingerprint density at radius 3 is 2.68 bits per heavy atom. The molecule has 0 aliphatic carbocycles. The molecular weight excluding hydrogens is 433 g/mol. The quantitative estimate of drug-likeness (QED) is 0.582. The fraction of sp³-hybridized carbons (Fsp3) is 0.333. The lowest BCUT2D eigenvalue weighted by Gasteiger charge is -2.26. The van der Waals surface area contributed by atoms with Crippen molar-refractivity contribution in [3.05, 3.63) is 53.2 Å². The summed E-state index contributed by atoms with van der Waals surface area (Å²) in [4.78, 5) is 10.6. The lowest BCUT2D eigenvalue weighted by atomic mass is 10.2. The number of hydrogen-bond acceptors (Lipinski definition) is 6. The molecule has 1 aromatic carbocycles. The molecule has 1 aliphatic rings. The summed E-state index contributed by atoms with van der Waals surface area (Å²) < 4.78 is 50.1. The molecule has 164 valence electrons. The summed E-state index contributed by atoms with van der Waals surface area (Å²) in [7, 11) is 0. The Morgan fingerprint density at radius 2 is 1.90 bits per heavy atom. The number of ether oxygens (including phenoxy) is 2. The molecule has 0 bridgehead atoms. The van der Waals surface area contributed by atoms with Crippen molar-refractivity contribution in [1.82, 2.24) is 14.9 Å². The van der Waals surface area contributed by atoms with Gasteiger partial charge in [0.15, 0.2) is 0 Å². The van der Waals surface area contributed by atoms with E-state index in [-0.39, 0.29) is 5.82 Å². The molecule has 0 radical (unpaired) electrons.